The average molecular weight is 244 g/mol. The third-order valence-corrected chi connectivity index (χ3v) is 2.59. The Kier molecular flexibility index (Phi) is 3.32. The van der Waals surface area contributed by atoms with E-state index < -0.39 is 0 Å². The molecule has 0 aliphatic rings. The highest BCUT2D eigenvalue weighted by atomic mass is 16.1. The minimum Gasteiger partial charge on any atom is -0.378 e. The Morgan fingerprint density at radius 2 is 1.94 bits per heavy atom. The summed E-state index contributed by atoms with van der Waals surface area (Å²) >= 11 is 0. The molecule has 1 aromatic heterocycles. The number of aromatic amines is 1. The number of rotatable bonds is 3. The van der Waals surface area contributed by atoms with Gasteiger partial charge >= 0.3 is 0 Å². The summed E-state index contributed by atoms with van der Waals surface area (Å²) in [5.74, 6) is 0.376. The second-order valence-electron chi connectivity index (χ2n) is 4.33. The first kappa shape index (κ1) is 12.2. The summed E-state index contributed by atoms with van der Waals surface area (Å²) in [5, 5.41) is 9.47. The lowest BCUT2D eigenvalue weighted by molar-refractivity contribution is 0.102. The van der Waals surface area contributed by atoms with E-state index in [4.69, 9.17) is 0 Å². The monoisotopic (exact) mass is 244 g/mol. The van der Waals surface area contributed by atoms with E-state index in [1.807, 2.05) is 38.1 Å². The molecule has 0 radical (unpaired) electrons. The van der Waals surface area contributed by atoms with Gasteiger partial charge in [-0.1, -0.05) is 0 Å². The molecule has 2 N–H and O–H groups in total. The van der Waals surface area contributed by atoms with Crippen molar-refractivity contribution in [3.05, 3.63) is 41.6 Å². The summed E-state index contributed by atoms with van der Waals surface area (Å²) < 4.78 is 0. The van der Waals surface area contributed by atoms with Crippen LogP contribution < -0.4 is 10.2 Å². The number of hydrogen-bond acceptors (Lipinski definition) is 3. The van der Waals surface area contributed by atoms with Gasteiger partial charge in [0.2, 0.25) is 0 Å². The van der Waals surface area contributed by atoms with Crippen LogP contribution in [0.4, 0.5) is 11.5 Å². The highest BCUT2D eigenvalue weighted by Gasteiger charge is 2.07. The molecule has 0 aliphatic carbocycles. The number of aromatic nitrogens is 2. The third kappa shape index (κ3) is 2.68. The molecule has 0 unspecified atom stereocenters. The fourth-order valence-corrected chi connectivity index (χ4v) is 1.58. The molecule has 5 heteroatoms. The molecule has 2 rings (SSSR count). The van der Waals surface area contributed by atoms with Gasteiger partial charge in [-0.05, 0) is 31.2 Å². The van der Waals surface area contributed by atoms with Crippen molar-refractivity contribution < 1.29 is 4.79 Å². The van der Waals surface area contributed by atoms with Crippen LogP contribution in [0.25, 0.3) is 0 Å². The maximum Gasteiger partial charge on any atom is 0.256 e. The van der Waals surface area contributed by atoms with Crippen molar-refractivity contribution in [3.8, 4) is 0 Å². The fraction of sp³-hybridized carbons (Fsp3) is 0.231. The van der Waals surface area contributed by atoms with Crippen molar-refractivity contribution in [3.63, 3.8) is 0 Å². The lowest BCUT2D eigenvalue weighted by atomic mass is 10.2. The van der Waals surface area contributed by atoms with Gasteiger partial charge in [0.25, 0.3) is 5.91 Å². The van der Waals surface area contributed by atoms with E-state index >= 15 is 0 Å². The Morgan fingerprint density at radius 1 is 1.28 bits per heavy atom. The molecule has 1 aromatic carbocycles. The summed E-state index contributed by atoms with van der Waals surface area (Å²) in [6.45, 7) is 1.88. The molecule has 94 valence electrons. The van der Waals surface area contributed by atoms with E-state index in [2.05, 4.69) is 15.5 Å². The van der Waals surface area contributed by atoms with Crippen LogP contribution in [0.3, 0.4) is 0 Å². The predicted octanol–water partition coefficient (Wildman–Crippen LogP) is 2.04. The van der Waals surface area contributed by atoms with E-state index in [0.717, 1.165) is 11.4 Å². The first-order valence-electron chi connectivity index (χ1n) is 5.67. The van der Waals surface area contributed by atoms with Gasteiger partial charge in [-0.2, -0.15) is 5.10 Å². The molecule has 0 fully saturated rings. The highest BCUT2D eigenvalue weighted by molar-refractivity contribution is 6.03. The minimum atomic E-state index is -0.160. The zero-order valence-corrected chi connectivity index (χ0v) is 10.7. The number of nitrogens with zero attached hydrogens (tertiary/aromatic N) is 2. The second kappa shape index (κ2) is 4.91. The first-order valence-corrected chi connectivity index (χ1v) is 5.67. The van der Waals surface area contributed by atoms with Gasteiger partial charge in [0.1, 0.15) is 0 Å². The van der Waals surface area contributed by atoms with Crippen LogP contribution in [0.1, 0.15) is 16.1 Å². The zero-order valence-electron chi connectivity index (χ0n) is 10.7. The highest BCUT2D eigenvalue weighted by Crippen LogP contribution is 2.13. The van der Waals surface area contributed by atoms with Crippen molar-refractivity contribution >= 4 is 17.4 Å². The lowest BCUT2D eigenvalue weighted by Gasteiger charge is -2.12. The number of carbonyl (C=O) groups is 1. The number of nitrogens with one attached hydrogen (secondary N) is 2. The molecule has 0 spiro atoms. The number of benzene rings is 1. The Bertz CT molecular complexity index is 542. The van der Waals surface area contributed by atoms with Gasteiger partial charge in [0.15, 0.2) is 5.82 Å². The SMILES string of the molecule is Cc1cc(NC(=O)c2ccc(N(C)C)cc2)n[nH]1. The summed E-state index contributed by atoms with van der Waals surface area (Å²) in [6.07, 6.45) is 0. The molecule has 0 aliphatic heterocycles. The van der Waals surface area contributed by atoms with E-state index in [-0.39, 0.29) is 5.91 Å². The topological polar surface area (TPSA) is 61.0 Å². The standard InChI is InChI=1S/C13H16N4O/c1-9-8-12(16-15-9)14-13(18)10-4-6-11(7-5-10)17(2)3/h4-8H,1-3H3,(H2,14,15,16,18). The third-order valence-electron chi connectivity index (χ3n) is 2.59. The van der Waals surface area contributed by atoms with Gasteiger partial charge < -0.3 is 10.2 Å². The number of H-pyrrole nitrogens is 1. The Hall–Kier alpha value is -2.30. The Balaban J connectivity index is 2.09. The van der Waals surface area contributed by atoms with E-state index in [9.17, 15) is 4.79 Å². The second-order valence-corrected chi connectivity index (χ2v) is 4.33. The maximum absolute atomic E-state index is 11.9. The van der Waals surface area contributed by atoms with Crippen LogP contribution in [0.5, 0.6) is 0 Å². The summed E-state index contributed by atoms with van der Waals surface area (Å²) in [7, 11) is 3.92. The van der Waals surface area contributed by atoms with Gasteiger partial charge in [-0.3, -0.25) is 9.89 Å². The van der Waals surface area contributed by atoms with E-state index in [1.54, 1.807) is 18.2 Å². The van der Waals surface area contributed by atoms with Crippen LogP contribution in [0.15, 0.2) is 30.3 Å². The van der Waals surface area contributed by atoms with Crippen molar-refractivity contribution in [1.82, 2.24) is 10.2 Å². The summed E-state index contributed by atoms with van der Waals surface area (Å²) in [5.41, 5.74) is 2.58. The summed E-state index contributed by atoms with van der Waals surface area (Å²) in [6, 6.07) is 9.19. The van der Waals surface area contributed by atoms with Gasteiger partial charge in [-0.25, -0.2) is 0 Å². The fourth-order valence-electron chi connectivity index (χ4n) is 1.58. The molecule has 18 heavy (non-hydrogen) atoms. The Labute approximate surface area is 106 Å². The number of amides is 1. The predicted molar refractivity (Wildman–Crippen MR) is 72.0 cm³/mol. The molecule has 1 amide bonds. The smallest absolute Gasteiger partial charge is 0.256 e. The number of hydrogen-bond donors (Lipinski definition) is 2. The summed E-state index contributed by atoms with van der Waals surface area (Å²) in [4.78, 5) is 13.9. The lowest BCUT2D eigenvalue weighted by Crippen LogP contribution is -2.13. The van der Waals surface area contributed by atoms with Gasteiger partial charge in [0, 0.05) is 37.1 Å². The van der Waals surface area contributed by atoms with Crippen LogP contribution in [-0.2, 0) is 0 Å². The quantitative estimate of drug-likeness (QED) is 0.868. The molecule has 1 heterocycles. The van der Waals surface area contributed by atoms with Gasteiger partial charge in [0.05, 0.1) is 0 Å². The van der Waals surface area contributed by atoms with Gasteiger partial charge in [-0.15, -0.1) is 0 Å². The Morgan fingerprint density at radius 3 is 2.44 bits per heavy atom. The van der Waals surface area contributed by atoms with Crippen molar-refractivity contribution in [2.45, 2.75) is 6.92 Å². The molecule has 0 atom stereocenters. The minimum absolute atomic E-state index is 0.160. The van der Waals surface area contributed by atoms with Crippen LogP contribution >= 0.6 is 0 Å². The molecule has 5 nitrogen and oxygen atoms in total. The molecule has 0 saturated carbocycles. The van der Waals surface area contributed by atoms with E-state index in [0.29, 0.717) is 11.4 Å². The largest absolute Gasteiger partial charge is 0.378 e. The molecule has 2 aromatic rings. The zero-order chi connectivity index (χ0) is 13.1. The maximum atomic E-state index is 11.9. The normalized spacial score (nSPS) is 10.2. The molecular formula is C13H16N4O. The van der Waals surface area contributed by atoms with Crippen LogP contribution in [0.2, 0.25) is 0 Å². The van der Waals surface area contributed by atoms with Crippen molar-refractivity contribution in [2.75, 3.05) is 24.3 Å². The molecule has 0 saturated heterocycles. The first-order chi connectivity index (χ1) is 8.56. The van der Waals surface area contributed by atoms with Crippen molar-refractivity contribution in [2.24, 2.45) is 0 Å². The number of aryl methyl sites for hydroxylation is 1. The molecule has 0 bridgehead atoms. The van der Waals surface area contributed by atoms with Crippen LogP contribution in [0, 0.1) is 6.92 Å². The number of anilines is 2. The molecular weight excluding hydrogens is 228 g/mol. The number of carbonyl (C=O) groups excluding carboxylic acids is 1. The average Bonchev–Trinajstić information content (AvgIpc) is 2.75. The van der Waals surface area contributed by atoms with Crippen molar-refractivity contribution in [1.29, 1.82) is 0 Å². The van der Waals surface area contributed by atoms with Crippen LogP contribution in [-0.4, -0.2) is 30.2 Å². The van der Waals surface area contributed by atoms with E-state index in [1.165, 1.54) is 0 Å².